The van der Waals surface area contributed by atoms with Gasteiger partial charge in [0.25, 0.3) is 0 Å². The lowest BCUT2D eigenvalue weighted by molar-refractivity contribution is 0.682. The molecule has 0 radical (unpaired) electrons. The van der Waals surface area contributed by atoms with Crippen molar-refractivity contribution in [3.8, 4) is 11.4 Å². The van der Waals surface area contributed by atoms with E-state index in [-0.39, 0.29) is 0 Å². The highest BCUT2D eigenvalue weighted by atomic mass is 32.2. The van der Waals surface area contributed by atoms with Gasteiger partial charge in [-0.1, -0.05) is 97.1 Å². The zero-order valence-electron chi connectivity index (χ0n) is 23.1. The van der Waals surface area contributed by atoms with E-state index < -0.39 is 9.73 Å². The Balaban J connectivity index is 1.48. The van der Waals surface area contributed by atoms with Crippen molar-refractivity contribution < 1.29 is 4.21 Å². The van der Waals surface area contributed by atoms with Gasteiger partial charge in [-0.2, -0.15) is 4.36 Å². The molecule has 0 amide bonds. The molecule has 2 aromatic heterocycles. The fourth-order valence-corrected chi connectivity index (χ4v) is 8.31. The minimum Gasteiger partial charge on any atom is -0.307 e. The summed E-state index contributed by atoms with van der Waals surface area (Å²) in [5.74, 6) is 0. The molecule has 9 rings (SSSR count). The van der Waals surface area contributed by atoms with Crippen molar-refractivity contribution in [2.75, 3.05) is 0 Å². The van der Waals surface area contributed by atoms with Crippen LogP contribution < -0.4 is 0 Å². The average molecular weight is 572 g/mol. The van der Waals surface area contributed by atoms with Gasteiger partial charge in [-0.25, -0.2) is 4.21 Å². The van der Waals surface area contributed by atoms with E-state index in [1.54, 1.807) is 5.41 Å². The van der Waals surface area contributed by atoms with Crippen LogP contribution in [0.25, 0.3) is 61.1 Å². The normalized spacial score (nSPS) is 16.2. The summed E-state index contributed by atoms with van der Waals surface area (Å²) in [6, 6.07) is 48.0. The van der Waals surface area contributed by atoms with Gasteiger partial charge in [-0.15, -0.1) is 0 Å². The Labute approximate surface area is 248 Å². The fourth-order valence-electron chi connectivity index (χ4n) is 6.64. The number of hydrogen-bond acceptors (Lipinski definition) is 2. The molecule has 0 N–H and O–H groups in total. The van der Waals surface area contributed by atoms with Crippen molar-refractivity contribution in [3.63, 3.8) is 0 Å². The molecule has 1 atom stereocenters. The van der Waals surface area contributed by atoms with E-state index in [0.717, 1.165) is 55.5 Å². The Bertz CT molecular complexity index is 2550. The number of aromatic nitrogens is 2. The Hall–Kier alpha value is -5.39. The summed E-state index contributed by atoms with van der Waals surface area (Å²) in [4.78, 5) is 0.709. The maximum absolute atomic E-state index is 14.3. The van der Waals surface area contributed by atoms with Crippen LogP contribution in [0.15, 0.2) is 154 Å². The molecule has 204 valence electrons. The summed E-state index contributed by atoms with van der Waals surface area (Å²) >= 11 is 0. The van der Waals surface area contributed by atoms with Crippen LogP contribution >= 0.6 is 0 Å². The van der Waals surface area contributed by atoms with E-state index in [1.165, 1.54) is 10.8 Å². The topological polar surface area (TPSA) is 39.3 Å². The molecule has 1 unspecified atom stereocenters. The predicted molar refractivity (Wildman–Crippen MR) is 179 cm³/mol. The van der Waals surface area contributed by atoms with E-state index in [0.29, 0.717) is 4.90 Å². The number of hydrogen-bond donors (Lipinski definition) is 0. The third-order valence-electron chi connectivity index (χ3n) is 8.51. The van der Waals surface area contributed by atoms with Crippen molar-refractivity contribution in [2.45, 2.75) is 4.90 Å². The second-order valence-corrected chi connectivity index (χ2v) is 13.0. The standard InChI is InChI=1S/C38H25N3OS/c42-43(28-15-5-2-6-16-28)25-24-26-12-11-21-35(36(26)39-43)41-34-20-10-8-18-30(34)32-23-22-31-29-17-7-9-19-33(29)40(37(31)38(32)41)27-13-3-1-4-14-27/h1-25H. The molecule has 8 aromatic rings. The lowest BCUT2D eigenvalue weighted by atomic mass is 10.1. The Morgan fingerprint density at radius 3 is 1.79 bits per heavy atom. The van der Waals surface area contributed by atoms with Gasteiger partial charge in [0.15, 0.2) is 0 Å². The number of benzene rings is 6. The van der Waals surface area contributed by atoms with Crippen LogP contribution in [-0.4, -0.2) is 13.3 Å². The molecule has 43 heavy (non-hydrogen) atoms. The number of nitrogens with zero attached hydrogens (tertiary/aromatic N) is 3. The molecule has 1 aliphatic heterocycles. The molecular weight excluding hydrogens is 547 g/mol. The van der Waals surface area contributed by atoms with E-state index in [1.807, 2.05) is 42.5 Å². The van der Waals surface area contributed by atoms with Gasteiger partial charge in [0, 0.05) is 38.2 Å². The molecule has 3 heterocycles. The molecule has 0 aliphatic carbocycles. The quantitative estimate of drug-likeness (QED) is 0.208. The first-order valence-corrected chi connectivity index (χ1v) is 15.9. The van der Waals surface area contributed by atoms with Gasteiger partial charge in [-0.05, 0) is 48.5 Å². The molecule has 4 nitrogen and oxygen atoms in total. The zero-order chi connectivity index (χ0) is 28.5. The first-order valence-electron chi connectivity index (χ1n) is 14.4. The molecule has 0 fully saturated rings. The summed E-state index contributed by atoms with van der Waals surface area (Å²) in [5.41, 5.74) is 8.18. The van der Waals surface area contributed by atoms with Crippen molar-refractivity contribution in [2.24, 2.45) is 4.36 Å². The van der Waals surface area contributed by atoms with Crippen LogP contribution in [-0.2, 0) is 9.73 Å². The molecule has 0 bridgehead atoms. The molecule has 0 saturated carbocycles. The highest BCUT2D eigenvalue weighted by molar-refractivity contribution is 7.96. The summed E-state index contributed by atoms with van der Waals surface area (Å²) in [5, 5.41) is 6.47. The molecule has 0 spiro atoms. The lowest BCUT2D eigenvalue weighted by Crippen LogP contribution is -2.03. The van der Waals surface area contributed by atoms with Gasteiger partial charge in [0.05, 0.1) is 32.6 Å². The lowest BCUT2D eigenvalue weighted by Gasteiger charge is -2.18. The molecule has 1 aliphatic rings. The Morgan fingerprint density at radius 2 is 1.09 bits per heavy atom. The van der Waals surface area contributed by atoms with Crippen molar-refractivity contribution in [1.29, 1.82) is 0 Å². The highest BCUT2D eigenvalue weighted by Gasteiger charge is 2.24. The maximum atomic E-state index is 14.3. The van der Waals surface area contributed by atoms with Gasteiger partial charge >= 0.3 is 0 Å². The summed E-state index contributed by atoms with van der Waals surface area (Å²) in [6.45, 7) is 0. The Kier molecular flexibility index (Phi) is 5.10. The van der Waals surface area contributed by atoms with Gasteiger partial charge < -0.3 is 9.13 Å². The van der Waals surface area contributed by atoms with Gasteiger partial charge in [0.1, 0.15) is 15.4 Å². The summed E-state index contributed by atoms with van der Waals surface area (Å²) < 4.78 is 24.1. The van der Waals surface area contributed by atoms with Crippen molar-refractivity contribution in [1.82, 2.24) is 9.13 Å². The minimum absolute atomic E-state index is 0.709. The van der Waals surface area contributed by atoms with E-state index in [4.69, 9.17) is 4.36 Å². The minimum atomic E-state index is -2.79. The number of para-hydroxylation sites is 3. The second kappa shape index (κ2) is 9.05. The first-order chi connectivity index (χ1) is 21.2. The molecule has 0 saturated heterocycles. The van der Waals surface area contributed by atoms with Gasteiger partial charge in [0.2, 0.25) is 0 Å². The maximum Gasteiger partial charge on any atom is 0.105 e. The van der Waals surface area contributed by atoms with E-state index >= 15 is 0 Å². The second-order valence-electron chi connectivity index (χ2n) is 10.9. The average Bonchev–Trinajstić information content (AvgIpc) is 3.58. The highest BCUT2D eigenvalue weighted by Crippen LogP contribution is 2.44. The van der Waals surface area contributed by atoms with E-state index in [9.17, 15) is 4.21 Å². The number of rotatable bonds is 3. The monoisotopic (exact) mass is 571 g/mol. The third-order valence-corrected chi connectivity index (χ3v) is 10.4. The summed E-state index contributed by atoms with van der Waals surface area (Å²) in [7, 11) is -2.79. The smallest absolute Gasteiger partial charge is 0.105 e. The largest absolute Gasteiger partial charge is 0.307 e. The Morgan fingerprint density at radius 1 is 0.512 bits per heavy atom. The number of fused-ring (bicyclic) bond motifs is 8. The van der Waals surface area contributed by atoms with Crippen LogP contribution in [0.2, 0.25) is 0 Å². The predicted octanol–water partition coefficient (Wildman–Crippen LogP) is 10.0. The van der Waals surface area contributed by atoms with E-state index in [2.05, 4.69) is 112 Å². The zero-order valence-corrected chi connectivity index (χ0v) is 23.9. The fraction of sp³-hybridized carbons (Fsp3) is 0. The molecular formula is C38H25N3OS. The van der Waals surface area contributed by atoms with Crippen LogP contribution in [0.4, 0.5) is 5.69 Å². The molecule has 5 heteroatoms. The summed E-state index contributed by atoms with van der Waals surface area (Å²) in [6.07, 6.45) is 1.96. The first kappa shape index (κ1) is 24.2. The van der Waals surface area contributed by atoms with Crippen LogP contribution in [0.1, 0.15) is 5.56 Å². The SMILES string of the molecule is O=S1(c2ccccc2)=Nc2c(cccc2-n2c3ccccc3c3ccc4c5ccccc5n(-c5ccccc5)c4c32)C=C1. The third kappa shape index (κ3) is 3.46. The molecule has 6 aromatic carbocycles. The van der Waals surface area contributed by atoms with Crippen LogP contribution in [0, 0.1) is 0 Å². The van der Waals surface area contributed by atoms with Crippen molar-refractivity contribution in [3.05, 3.63) is 150 Å². The van der Waals surface area contributed by atoms with Crippen LogP contribution in [0.5, 0.6) is 0 Å². The van der Waals surface area contributed by atoms with Crippen LogP contribution in [0.3, 0.4) is 0 Å². The van der Waals surface area contributed by atoms with Gasteiger partial charge in [-0.3, -0.25) is 0 Å². The van der Waals surface area contributed by atoms with Crippen molar-refractivity contribution >= 4 is 65.1 Å².